The summed E-state index contributed by atoms with van der Waals surface area (Å²) < 4.78 is 20.4. The molecule has 10 nitrogen and oxygen atoms in total. The van der Waals surface area contributed by atoms with Crippen LogP contribution in [-0.2, 0) is 15.3 Å². The number of anilines is 3. The van der Waals surface area contributed by atoms with E-state index in [1.165, 1.54) is 0 Å². The van der Waals surface area contributed by atoms with Gasteiger partial charge in [0.2, 0.25) is 5.95 Å². The Hall–Kier alpha value is -3.09. The number of thiazole rings is 1. The van der Waals surface area contributed by atoms with Crippen LogP contribution in [0.3, 0.4) is 0 Å². The largest absolute Gasteiger partial charge is 0.448 e. The lowest BCUT2D eigenvalue weighted by atomic mass is 10.2. The molecule has 3 aromatic rings. The number of thiol groups is 1. The predicted molar refractivity (Wildman–Crippen MR) is 130 cm³/mol. The number of hydrogen-bond acceptors (Lipinski definition) is 10. The summed E-state index contributed by atoms with van der Waals surface area (Å²) in [6.07, 6.45) is 0.864. The van der Waals surface area contributed by atoms with Crippen molar-refractivity contribution in [2.24, 2.45) is 4.36 Å². The molecule has 2 atom stereocenters. The second-order valence-corrected chi connectivity index (χ2v) is 9.54. The van der Waals surface area contributed by atoms with Gasteiger partial charge in [-0.3, -0.25) is 0 Å². The van der Waals surface area contributed by atoms with Crippen LogP contribution in [0, 0.1) is 13.8 Å². The minimum atomic E-state index is -2.24. The van der Waals surface area contributed by atoms with Gasteiger partial charge < -0.3 is 20.5 Å². The Bertz CT molecular complexity index is 1210. The second-order valence-electron chi connectivity index (χ2n) is 7.07. The first-order valence-electron chi connectivity index (χ1n) is 10.2. The van der Waals surface area contributed by atoms with Crippen molar-refractivity contribution in [1.29, 1.82) is 0 Å². The molecule has 0 aliphatic carbocycles. The molecule has 0 saturated heterocycles. The molecule has 176 valence electrons. The number of carbonyl (C=O) groups excluding carboxylic acids is 1. The SMILES string of the molecule is CCOC(=O)/N=[SH](=O)/c1ccc(Nc2ncc(-c3sc(C)nc3C)c(N[C@H](C)CO)n2)cc1. The lowest BCUT2D eigenvalue weighted by molar-refractivity contribution is 0.164. The first kappa shape index (κ1) is 24.6. The molecule has 0 saturated carbocycles. The summed E-state index contributed by atoms with van der Waals surface area (Å²) in [6, 6.07) is 6.39. The van der Waals surface area contributed by atoms with Crippen LogP contribution in [0.2, 0.25) is 0 Å². The molecule has 0 aliphatic rings. The van der Waals surface area contributed by atoms with E-state index >= 15 is 0 Å². The smallest absolute Gasteiger partial charge is 0.441 e. The summed E-state index contributed by atoms with van der Waals surface area (Å²) in [5.74, 6) is 0.923. The number of rotatable bonds is 8. The van der Waals surface area contributed by atoms with Crippen molar-refractivity contribution in [3.63, 3.8) is 0 Å². The zero-order chi connectivity index (χ0) is 24.0. The van der Waals surface area contributed by atoms with Crippen molar-refractivity contribution < 1.29 is 18.8 Å². The molecule has 12 heteroatoms. The quantitative estimate of drug-likeness (QED) is 0.346. The summed E-state index contributed by atoms with van der Waals surface area (Å²) in [7, 11) is -2.24. The minimum Gasteiger partial charge on any atom is -0.448 e. The molecular weight excluding hydrogens is 464 g/mol. The molecule has 1 aromatic carbocycles. The average Bonchev–Trinajstić information content (AvgIpc) is 3.12. The Kier molecular flexibility index (Phi) is 8.31. The van der Waals surface area contributed by atoms with E-state index in [-0.39, 0.29) is 19.3 Å². The van der Waals surface area contributed by atoms with Gasteiger partial charge in [0, 0.05) is 22.8 Å². The molecule has 33 heavy (non-hydrogen) atoms. The second kappa shape index (κ2) is 11.2. The van der Waals surface area contributed by atoms with E-state index in [1.807, 2.05) is 20.8 Å². The van der Waals surface area contributed by atoms with E-state index in [1.54, 1.807) is 48.7 Å². The van der Waals surface area contributed by atoms with Gasteiger partial charge >= 0.3 is 6.09 Å². The van der Waals surface area contributed by atoms with Crippen LogP contribution in [0.5, 0.6) is 0 Å². The summed E-state index contributed by atoms with van der Waals surface area (Å²) in [5, 5.41) is 16.8. The highest BCUT2D eigenvalue weighted by Gasteiger charge is 2.16. The fourth-order valence-electron chi connectivity index (χ4n) is 2.86. The van der Waals surface area contributed by atoms with Crippen molar-refractivity contribution >= 4 is 45.5 Å². The summed E-state index contributed by atoms with van der Waals surface area (Å²) in [4.78, 5) is 26.3. The molecule has 0 spiro atoms. The maximum absolute atomic E-state index is 12.2. The molecule has 0 aliphatic heterocycles. The predicted octanol–water partition coefficient (Wildman–Crippen LogP) is 3.93. The van der Waals surface area contributed by atoms with Gasteiger partial charge in [0.25, 0.3) is 0 Å². The first-order chi connectivity index (χ1) is 15.8. The van der Waals surface area contributed by atoms with E-state index in [0.29, 0.717) is 22.3 Å². The van der Waals surface area contributed by atoms with Crippen molar-refractivity contribution in [3.05, 3.63) is 41.2 Å². The molecule has 0 radical (unpaired) electrons. The van der Waals surface area contributed by atoms with E-state index in [0.717, 1.165) is 21.1 Å². The van der Waals surface area contributed by atoms with Crippen LogP contribution in [0.1, 0.15) is 24.5 Å². The molecule has 3 N–H and O–H groups in total. The van der Waals surface area contributed by atoms with Gasteiger partial charge in [-0.2, -0.15) is 4.98 Å². The lowest BCUT2D eigenvalue weighted by Gasteiger charge is -2.16. The monoisotopic (exact) mass is 490 g/mol. The third kappa shape index (κ3) is 6.46. The fourth-order valence-corrected chi connectivity index (χ4v) is 4.52. The van der Waals surface area contributed by atoms with Crippen molar-refractivity contribution in [2.45, 2.75) is 38.6 Å². The van der Waals surface area contributed by atoms with Gasteiger partial charge in [-0.05, 0) is 52.0 Å². The zero-order valence-electron chi connectivity index (χ0n) is 18.7. The summed E-state index contributed by atoms with van der Waals surface area (Å²) >= 11 is 1.55. The Morgan fingerprint density at radius 3 is 2.61 bits per heavy atom. The van der Waals surface area contributed by atoms with Crippen molar-refractivity contribution in [1.82, 2.24) is 15.0 Å². The highest BCUT2D eigenvalue weighted by atomic mass is 32.2. The zero-order valence-corrected chi connectivity index (χ0v) is 20.4. The Labute approximate surface area is 197 Å². The Morgan fingerprint density at radius 2 is 2.00 bits per heavy atom. The normalized spacial score (nSPS) is 12.9. The summed E-state index contributed by atoms with van der Waals surface area (Å²) in [5.41, 5.74) is 2.35. The number of nitrogens with zero attached hydrogens (tertiary/aromatic N) is 4. The van der Waals surface area contributed by atoms with Crippen LogP contribution in [0.25, 0.3) is 10.4 Å². The summed E-state index contributed by atoms with van der Waals surface area (Å²) in [6.45, 7) is 7.50. The molecule has 1 amide bonds. The number of aliphatic hydroxyl groups is 1. The van der Waals surface area contributed by atoms with Crippen molar-refractivity contribution in [3.8, 4) is 10.4 Å². The number of aliphatic hydroxyl groups excluding tert-OH is 1. The van der Waals surface area contributed by atoms with Crippen LogP contribution in [0.4, 0.5) is 22.2 Å². The van der Waals surface area contributed by atoms with Crippen LogP contribution in [0.15, 0.2) is 39.7 Å². The molecule has 0 fully saturated rings. The standard InChI is InChI=1S/C21H26N6O4S2/c1-5-31-21(29)27-33(30)16-8-6-15(7-9-16)25-20-22-10-17(18-13(3)24-14(4)32-18)19(26-20)23-12(2)11-28/h6-10,12,28,33H,5,11H2,1-4H3,(H2,22,23,25,26)/t12-/m1/s1. The van der Waals surface area contributed by atoms with Crippen LogP contribution in [-0.4, -0.2) is 49.6 Å². The van der Waals surface area contributed by atoms with Gasteiger partial charge in [0.1, 0.15) is 5.82 Å². The third-order valence-electron chi connectivity index (χ3n) is 4.38. The molecule has 0 bridgehead atoms. The number of amides is 1. The maximum atomic E-state index is 12.2. The van der Waals surface area contributed by atoms with E-state index in [4.69, 9.17) is 4.74 Å². The Morgan fingerprint density at radius 1 is 1.27 bits per heavy atom. The van der Waals surface area contributed by atoms with Gasteiger partial charge in [0.15, 0.2) is 0 Å². The van der Waals surface area contributed by atoms with Gasteiger partial charge in [0.05, 0.1) is 45.0 Å². The number of benzene rings is 1. The van der Waals surface area contributed by atoms with E-state index in [9.17, 15) is 14.1 Å². The van der Waals surface area contributed by atoms with Gasteiger partial charge in [-0.15, -0.1) is 15.7 Å². The number of aromatic nitrogens is 3. The number of ether oxygens (including phenoxy) is 1. The lowest BCUT2D eigenvalue weighted by Crippen LogP contribution is -2.21. The van der Waals surface area contributed by atoms with E-state index < -0.39 is 16.7 Å². The molecule has 1 unspecified atom stereocenters. The van der Waals surface area contributed by atoms with Gasteiger partial charge in [-0.25, -0.2) is 19.0 Å². The maximum Gasteiger partial charge on any atom is 0.441 e. The molecule has 3 rings (SSSR count). The average molecular weight is 491 g/mol. The van der Waals surface area contributed by atoms with E-state index in [2.05, 4.69) is 29.9 Å². The number of carbonyl (C=O) groups is 1. The van der Waals surface area contributed by atoms with Crippen LogP contribution < -0.4 is 10.6 Å². The van der Waals surface area contributed by atoms with Crippen molar-refractivity contribution in [2.75, 3.05) is 23.8 Å². The highest BCUT2D eigenvalue weighted by Crippen LogP contribution is 2.34. The highest BCUT2D eigenvalue weighted by molar-refractivity contribution is 7.75. The topological polar surface area (TPSA) is 139 Å². The number of nitrogens with one attached hydrogen (secondary N) is 2. The fraction of sp³-hybridized carbons (Fsp3) is 0.333. The third-order valence-corrected chi connectivity index (χ3v) is 6.57. The molecule has 2 heterocycles. The Balaban J connectivity index is 1.85. The molecular formula is C21H26N6O4S2. The first-order valence-corrected chi connectivity index (χ1v) is 12.2. The number of aryl methyl sites for hydroxylation is 2. The minimum absolute atomic E-state index is 0.0522. The molecule has 2 aromatic heterocycles. The number of hydrogen-bond donors (Lipinski definition) is 4. The van der Waals surface area contributed by atoms with Crippen LogP contribution >= 0.6 is 11.3 Å². The van der Waals surface area contributed by atoms with Gasteiger partial charge in [-0.1, -0.05) is 0 Å².